The molecule has 7 aromatic rings. The molecule has 53 heavy (non-hydrogen) atoms. The Morgan fingerprint density at radius 1 is 0.604 bits per heavy atom. The van der Waals surface area contributed by atoms with Crippen molar-refractivity contribution in [2.45, 2.75) is 31.1 Å². The van der Waals surface area contributed by atoms with Crippen molar-refractivity contribution >= 4 is 39.7 Å². The minimum atomic E-state index is -0.563. The Labute approximate surface area is 309 Å². The molecule has 0 saturated carbocycles. The smallest absolute Gasteiger partial charge is 0.135 e. The van der Waals surface area contributed by atoms with Gasteiger partial charge in [0.05, 0.1) is 28.0 Å². The maximum Gasteiger partial charge on any atom is 0.135 e. The van der Waals surface area contributed by atoms with Gasteiger partial charge in [-0.05, 0) is 106 Å². The molecule has 3 aliphatic carbocycles. The zero-order valence-corrected chi connectivity index (χ0v) is 29.1. The quantitative estimate of drug-likeness (QED) is 0.187. The first kappa shape index (κ1) is 30.0. The number of hydrogen-bond donors (Lipinski definition) is 0. The summed E-state index contributed by atoms with van der Waals surface area (Å²) >= 11 is 0. The topological polar surface area (TPSA) is 40.2 Å². The van der Waals surface area contributed by atoms with E-state index in [-0.39, 0.29) is 0 Å². The molecule has 250 valence electrons. The SMILES string of the molecule is N#Cc1cc(-c2ccccc2)cc(-c2ccccc2)c1N1c2ccccc2C2(C3=C(CCC=C3)c3cc4c5c(oc4cc32)CCC=C5)c2ccccc21. The molecule has 11 rings (SSSR count). The molecule has 0 fully saturated rings. The van der Waals surface area contributed by atoms with Gasteiger partial charge in [-0.15, -0.1) is 0 Å². The van der Waals surface area contributed by atoms with Crippen molar-refractivity contribution in [1.29, 1.82) is 5.26 Å². The van der Waals surface area contributed by atoms with Gasteiger partial charge in [-0.25, -0.2) is 0 Å². The molecule has 3 heteroatoms. The third kappa shape index (κ3) is 4.15. The van der Waals surface area contributed by atoms with E-state index in [4.69, 9.17) is 4.42 Å². The third-order valence-electron chi connectivity index (χ3n) is 11.8. The lowest BCUT2D eigenvalue weighted by Crippen LogP contribution is -2.37. The van der Waals surface area contributed by atoms with E-state index in [0.717, 1.165) is 76.3 Å². The summed E-state index contributed by atoms with van der Waals surface area (Å²) < 4.78 is 6.68. The van der Waals surface area contributed by atoms with Gasteiger partial charge in [0.25, 0.3) is 0 Å². The van der Waals surface area contributed by atoms with Crippen LogP contribution in [0.15, 0.2) is 162 Å². The van der Waals surface area contributed by atoms with Crippen molar-refractivity contribution in [2.24, 2.45) is 0 Å². The number of anilines is 3. The summed E-state index contributed by atoms with van der Waals surface area (Å²) in [4.78, 5) is 2.37. The van der Waals surface area contributed by atoms with Crippen molar-refractivity contribution in [3.05, 3.63) is 196 Å². The Balaban J connectivity index is 1.23. The van der Waals surface area contributed by atoms with Crippen LogP contribution in [-0.2, 0) is 11.8 Å². The maximum atomic E-state index is 11.0. The van der Waals surface area contributed by atoms with Crippen molar-refractivity contribution in [2.75, 3.05) is 4.90 Å². The second-order valence-electron chi connectivity index (χ2n) is 14.5. The Hall–Kier alpha value is -6.63. The van der Waals surface area contributed by atoms with E-state index in [0.29, 0.717) is 5.56 Å². The molecule has 0 radical (unpaired) electrons. The van der Waals surface area contributed by atoms with E-state index >= 15 is 0 Å². The fraction of sp³-hybridized carbons (Fsp3) is 0.100. The first-order valence-electron chi connectivity index (χ1n) is 18.6. The zero-order valence-electron chi connectivity index (χ0n) is 29.1. The average molecular weight is 679 g/mol. The lowest BCUT2D eigenvalue weighted by atomic mass is 9.63. The van der Waals surface area contributed by atoms with Crippen LogP contribution < -0.4 is 4.90 Å². The van der Waals surface area contributed by atoms with Gasteiger partial charge in [0, 0.05) is 22.9 Å². The first-order chi connectivity index (χ1) is 26.3. The van der Waals surface area contributed by atoms with Gasteiger partial charge in [0.1, 0.15) is 17.4 Å². The highest BCUT2D eigenvalue weighted by molar-refractivity contribution is 6.03. The van der Waals surface area contributed by atoms with Crippen LogP contribution in [0.25, 0.3) is 44.9 Å². The molecule has 1 aliphatic heterocycles. The molecule has 3 nitrogen and oxygen atoms in total. The summed E-state index contributed by atoms with van der Waals surface area (Å²) in [5, 5.41) is 12.2. The highest BCUT2D eigenvalue weighted by Gasteiger charge is 2.53. The summed E-state index contributed by atoms with van der Waals surface area (Å²) in [6.45, 7) is 0. The van der Waals surface area contributed by atoms with Gasteiger partial charge < -0.3 is 9.32 Å². The first-order valence-corrected chi connectivity index (χ1v) is 18.6. The largest absolute Gasteiger partial charge is 0.460 e. The number of fused-ring (bicyclic) bond motifs is 11. The molecule has 0 N–H and O–H groups in total. The van der Waals surface area contributed by atoms with Crippen LogP contribution in [0.4, 0.5) is 17.1 Å². The van der Waals surface area contributed by atoms with Gasteiger partial charge >= 0.3 is 0 Å². The maximum absolute atomic E-state index is 11.0. The summed E-state index contributed by atoms with van der Waals surface area (Å²) in [6, 6.07) is 50.4. The van der Waals surface area contributed by atoms with E-state index in [9.17, 15) is 5.26 Å². The number of hydrogen-bond acceptors (Lipinski definition) is 3. The third-order valence-corrected chi connectivity index (χ3v) is 11.8. The molecule has 0 bridgehead atoms. The lowest BCUT2D eigenvalue weighted by Gasteiger charge is -2.46. The summed E-state index contributed by atoms with van der Waals surface area (Å²) in [7, 11) is 0. The number of aryl methyl sites for hydroxylation is 1. The summed E-state index contributed by atoms with van der Waals surface area (Å²) in [5.74, 6) is 1.09. The highest BCUT2D eigenvalue weighted by atomic mass is 16.3. The van der Waals surface area contributed by atoms with Crippen LogP contribution in [0.1, 0.15) is 58.4 Å². The number of allylic oxidation sites excluding steroid dienone is 5. The van der Waals surface area contributed by atoms with Gasteiger partial charge in [-0.3, -0.25) is 0 Å². The fourth-order valence-corrected chi connectivity index (χ4v) is 9.66. The predicted octanol–water partition coefficient (Wildman–Crippen LogP) is 12.8. The second kappa shape index (κ2) is 11.4. The van der Waals surface area contributed by atoms with Crippen LogP contribution in [0.5, 0.6) is 0 Å². The molecule has 1 aromatic heterocycles. The zero-order chi connectivity index (χ0) is 35.1. The van der Waals surface area contributed by atoms with E-state index in [2.05, 4.69) is 157 Å². The van der Waals surface area contributed by atoms with Crippen molar-refractivity contribution in [3.8, 4) is 28.3 Å². The summed E-state index contributed by atoms with van der Waals surface area (Å²) in [5.41, 5.74) is 17.3. The van der Waals surface area contributed by atoms with Gasteiger partial charge in [-0.2, -0.15) is 5.26 Å². The molecule has 1 spiro atoms. The molecule has 4 aliphatic rings. The normalized spacial score (nSPS) is 15.9. The molecule has 0 saturated heterocycles. The highest BCUT2D eigenvalue weighted by Crippen LogP contribution is 2.65. The predicted molar refractivity (Wildman–Crippen MR) is 215 cm³/mol. The van der Waals surface area contributed by atoms with Gasteiger partial charge in [0.2, 0.25) is 0 Å². The number of nitriles is 1. The Morgan fingerprint density at radius 2 is 1.26 bits per heavy atom. The Morgan fingerprint density at radius 3 is 2.00 bits per heavy atom. The minimum Gasteiger partial charge on any atom is -0.460 e. The lowest BCUT2D eigenvalue weighted by molar-refractivity contribution is 0.545. The van der Waals surface area contributed by atoms with Crippen molar-refractivity contribution in [3.63, 3.8) is 0 Å². The molecular formula is C50H34N2O. The monoisotopic (exact) mass is 678 g/mol. The van der Waals surface area contributed by atoms with Crippen LogP contribution in [0.2, 0.25) is 0 Å². The second-order valence-corrected chi connectivity index (χ2v) is 14.5. The molecule has 0 amide bonds. The standard InChI is InChI=1S/C50H34N2O/c51-31-35-27-34(32-15-3-1-4-16-32)28-38(33-17-5-2-6-18-33)49(35)52-45-24-12-10-22-42(45)50(43-23-11-13-25-46(43)52)41-21-9-7-19-36(41)39-29-40-37-20-8-14-26-47(37)53-48(40)30-44(39)50/h1-6,8-13,15-18,20-25,27-30H,7,14,19,26H2. The molecule has 2 heterocycles. The number of rotatable bonds is 3. The molecule has 0 atom stereocenters. The minimum absolute atomic E-state index is 0.563. The molecule has 0 unspecified atom stereocenters. The van der Waals surface area contributed by atoms with E-state index < -0.39 is 5.41 Å². The Kier molecular flexibility index (Phi) is 6.48. The number of nitrogens with zero attached hydrogens (tertiary/aromatic N) is 2. The van der Waals surface area contributed by atoms with Crippen LogP contribution in [-0.4, -0.2) is 0 Å². The Bertz CT molecular complexity index is 2740. The summed E-state index contributed by atoms with van der Waals surface area (Å²) in [6.07, 6.45) is 13.2. The van der Waals surface area contributed by atoms with E-state index in [1.807, 2.05) is 12.1 Å². The van der Waals surface area contributed by atoms with Crippen LogP contribution in [0.3, 0.4) is 0 Å². The van der Waals surface area contributed by atoms with Crippen LogP contribution in [0, 0.1) is 11.3 Å². The molecular weight excluding hydrogens is 645 g/mol. The number of benzene rings is 6. The number of para-hydroxylation sites is 2. The fourth-order valence-electron chi connectivity index (χ4n) is 9.66. The van der Waals surface area contributed by atoms with E-state index in [1.165, 1.54) is 44.3 Å². The van der Waals surface area contributed by atoms with Gasteiger partial charge in [0.15, 0.2) is 0 Å². The van der Waals surface area contributed by atoms with E-state index in [1.54, 1.807) is 0 Å². The van der Waals surface area contributed by atoms with Gasteiger partial charge in [-0.1, -0.05) is 121 Å². The number of furan rings is 1. The van der Waals surface area contributed by atoms with Crippen molar-refractivity contribution in [1.82, 2.24) is 0 Å². The average Bonchev–Trinajstić information content (AvgIpc) is 3.73. The van der Waals surface area contributed by atoms with Crippen molar-refractivity contribution < 1.29 is 4.42 Å². The molecule has 6 aromatic carbocycles. The van der Waals surface area contributed by atoms with Crippen LogP contribution >= 0.6 is 0 Å².